The van der Waals surface area contributed by atoms with Crippen LogP contribution in [0.25, 0.3) is 0 Å². The highest BCUT2D eigenvalue weighted by atomic mass is 16.5. The Morgan fingerprint density at radius 1 is 1.14 bits per heavy atom. The van der Waals surface area contributed by atoms with Gasteiger partial charge >= 0.3 is 5.97 Å². The summed E-state index contributed by atoms with van der Waals surface area (Å²) in [5, 5.41) is 12.2. The van der Waals surface area contributed by atoms with Gasteiger partial charge in [-0.2, -0.15) is 0 Å². The number of β-amino-alcohol motifs (C(OH)–C–C–N with tert-alkyl or cyclic N) is 1. The molecule has 9 heteroatoms. The molecule has 0 unspecified atom stereocenters. The number of ether oxygens (including phenoxy) is 1. The number of carbonyl (C=O) groups is 3. The average Bonchev–Trinajstić information content (AvgIpc) is 3.04. The molecule has 2 amide bonds. The van der Waals surface area contributed by atoms with Gasteiger partial charge in [-0.15, -0.1) is 0 Å². The number of carbonyl (C=O) groups excluding carboxylic acids is 3. The number of rotatable bonds is 6. The number of amides is 2. The number of nitrogens with zero attached hydrogens (tertiary/aromatic N) is 3. The molecule has 0 aromatic heterocycles. The average molecular weight is 402 g/mol. The molecule has 0 bridgehead atoms. The van der Waals surface area contributed by atoms with Crippen molar-refractivity contribution in [2.45, 2.75) is 6.92 Å². The Kier molecular flexibility index (Phi) is 6.38. The minimum Gasteiger partial charge on any atom is -0.466 e. The van der Waals surface area contributed by atoms with Gasteiger partial charge in [0, 0.05) is 51.0 Å². The molecule has 29 heavy (non-hydrogen) atoms. The Labute approximate surface area is 169 Å². The van der Waals surface area contributed by atoms with Gasteiger partial charge in [-0.05, 0) is 24.3 Å². The summed E-state index contributed by atoms with van der Waals surface area (Å²) in [6, 6.07) is 7.57. The first kappa shape index (κ1) is 20.7. The topological polar surface area (TPSA) is 102 Å². The van der Waals surface area contributed by atoms with Gasteiger partial charge in [-0.1, -0.05) is 0 Å². The summed E-state index contributed by atoms with van der Waals surface area (Å²) in [6.07, 6.45) is 0. The third kappa shape index (κ3) is 4.51. The standard InChI is InChI=1S/C20H26N4O5/c1-14(26)22-7-9-23(10-8-22)16-5-3-15(4-6-16)21-18-17(20(28)29-2)13-24(11-12-25)19(18)27/h3-6,21,25H,7-13H2,1-2H3. The first-order chi connectivity index (χ1) is 13.9. The smallest absolute Gasteiger partial charge is 0.337 e. The van der Waals surface area contributed by atoms with E-state index in [1.807, 2.05) is 29.2 Å². The molecule has 2 aliphatic heterocycles. The van der Waals surface area contributed by atoms with E-state index >= 15 is 0 Å². The van der Waals surface area contributed by atoms with E-state index in [0.717, 1.165) is 18.8 Å². The second-order valence-corrected chi connectivity index (χ2v) is 6.96. The van der Waals surface area contributed by atoms with E-state index in [2.05, 4.69) is 10.2 Å². The van der Waals surface area contributed by atoms with Gasteiger partial charge < -0.3 is 29.9 Å². The van der Waals surface area contributed by atoms with Crippen LogP contribution in [0.3, 0.4) is 0 Å². The molecular formula is C20H26N4O5. The molecule has 0 saturated carbocycles. The summed E-state index contributed by atoms with van der Waals surface area (Å²) in [6.45, 7) is 4.57. The van der Waals surface area contributed by atoms with Crippen LogP contribution in [0.2, 0.25) is 0 Å². The quantitative estimate of drug-likeness (QED) is 0.647. The first-order valence-corrected chi connectivity index (χ1v) is 9.53. The molecule has 3 rings (SSSR count). The maximum atomic E-state index is 12.6. The van der Waals surface area contributed by atoms with Crippen LogP contribution >= 0.6 is 0 Å². The number of piperazine rings is 1. The van der Waals surface area contributed by atoms with Gasteiger partial charge in [0.05, 0.1) is 25.8 Å². The maximum Gasteiger partial charge on any atom is 0.337 e. The predicted octanol–water partition coefficient (Wildman–Crippen LogP) is 0.0286. The van der Waals surface area contributed by atoms with Crippen molar-refractivity contribution in [1.29, 1.82) is 0 Å². The van der Waals surface area contributed by atoms with E-state index in [9.17, 15) is 14.4 Å². The molecule has 1 fully saturated rings. The Morgan fingerprint density at radius 2 is 1.79 bits per heavy atom. The fraction of sp³-hybridized carbons (Fsp3) is 0.450. The van der Waals surface area contributed by atoms with E-state index < -0.39 is 5.97 Å². The van der Waals surface area contributed by atoms with Crippen LogP contribution in [-0.2, 0) is 19.1 Å². The molecule has 1 aromatic rings. The van der Waals surface area contributed by atoms with E-state index in [1.54, 1.807) is 6.92 Å². The van der Waals surface area contributed by atoms with Crippen molar-refractivity contribution in [2.24, 2.45) is 0 Å². The molecule has 0 spiro atoms. The SMILES string of the molecule is COC(=O)C1=C(Nc2ccc(N3CCN(C(C)=O)CC3)cc2)C(=O)N(CCO)C1. The van der Waals surface area contributed by atoms with Crippen molar-refractivity contribution >= 4 is 29.2 Å². The molecule has 0 radical (unpaired) electrons. The van der Waals surface area contributed by atoms with E-state index in [-0.39, 0.29) is 42.8 Å². The minimum absolute atomic E-state index is 0.0929. The second-order valence-electron chi connectivity index (χ2n) is 6.96. The molecule has 1 saturated heterocycles. The van der Waals surface area contributed by atoms with Crippen molar-refractivity contribution in [3.63, 3.8) is 0 Å². The summed E-state index contributed by atoms with van der Waals surface area (Å²) >= 11 is 0. The van der Waals surface area contributed by atoms with Crippen LogP contribution in [0.1, 0.15) is 6.92 Å². The molecule has 2 heterocycles. The molecule has 2 aliphatic rings. The molecule has 0 atom stereocenters. The number of anilines is 2. The number of hydrogen-bond acceptors (Lipinski definition) is 7. The van der Waals surface area contributed by atoms with E-state index in [1.165, 1.54) is 12.0 Å². The van der Waals surface area contributed by atoms with Crippen molar-refractivity contribution < 1.29 is 24.2 Å². The molecule has 9 nitrogen and oxygen atoms in total. The third-order valence-electron chi connectivity index (χ3n) is 5.18. The molecular weight excluding hydrogens is 376 g/mol. The van der Waals surface area contributed by atoms with Gasteiger partial charge in [0.1, 0.15) is 5.70 Å². The summed E-state index contributed by atoms with van der Waals surface area (Å²) in [7, 11) is 1.27. The van der Waals surface area contributed by atoms with Crippen LogP contribution in [-0.4, -0.2) is 85.7 Å². The van der Waals surface area contributed by atoms with Crippen molar-refractivity contribution in [3.8, 4) is 0 Å². The molecule has 0 aliphatic carbocycles. The van der Waals surface area contributed by atoms with Gasteiger partial charge in [0.15, 0.2) is 0 Å². The summed E-state index contributed by atoms with van der Waals surface area (Å²) < 4.78 is 4.79. The van der Waals surface area contributed by atoms with Gasteiger partial charge in [0.25, 0.3) is 5.91 Å². The fourth-order valence-corrected chi connectivity index (χ4v) is 3.53. The molecule has 2 N–H and O–H groups in total. The van der Waals surface area contributed by atoms with E-state index in [0.29, 0.717) is 18.8 Å². The van der Waals surface area contributed by atoms with Gasteiger partial charge in [-0.25, -0.2) is 4.79 Å². The number of nitrogens with one attached hydrogen (secondary N) is 1. The lowest BCUT2D eigenvalue weighted by Crippen LogP contribution is -2.48. The number of aliphatic hydroxyl groups is 1. The van der Waals surface area contributed by atoms with Crippen LogP contribution in [0.5, 0.6) is 0 Å². The monoisotopic (exact) mass is 402 g/mol. The second kappa shape index (κ2) is 8.95. The number of aliphatic hydroxyl groups excluding tert-OH is 1. The lowest BCUT2D eigenvalue weighted by molar-refractivity contribution is -0.136. The largest absolute Gasteiger partial charge is 0.466 e. The van der Waals surface area contributed by atoms with Crippen LogP contribution in [0, 0.1) is 0 Å². The fourth-order valence-electron chi connectivity index (χ4n) is 3.53. The van der Waals surface area contributed by atoms with Crippen LogP contribution < -0.4 is 10.2 Å². The maximum absolute atomic E-state index is 12.6. The van der Waals surface area contributed by atoms with Gasteiger partial charge in [-0.3, -0.25) is 9.59 Å². The predicted molar refractivity (Wildman–Crippen MR) is 107 cm³/mol. The Bertz CT molecular complexity index is 813. The number of methoxy groups -OCH3 is 1. The summed E-state index contributed by atoms with van der Waals surface area (Å²) in [5.41, 5.74) is 2.12. The summed E-state index contributed by atoms with van der Waals surface area (Å²) in [5.74, 6) is -0.819. The number of benzene rings is 1. The normalized spacial score (nSPS) is 17.1. The van der Waals surface area contributed by atoms with Crippen molar-refractivity contribution in [2.75, 3.05) is 63.2 Å². The van der Waals surface area contributed by atoms with Crippen molar-refractivity contribution in [3.05, 3.63) is 35.5 Å². The Morgan fingerprint density at radius 3 is 2.34 bits per heavy atom. The van der Waals surface area contributed by atoms with Gasteiger partial charge in [0.2, 0.25) is 5.91 Å². The Balaban J connectivity index is 1.70. The third-order valence-corrected chi connectivity index (χ3v) is 5.18. The van der Waals surface area contributed by atoms with Crippen molar-refractivity contribution in [1.82, 2.24) is 9.80 Å². The minimum atomic E-state index is -0.568. The van der Waals surface area contributed by atoms with E-state index in [4.69, 9.17) is 9.84 Å². The zero-order valence-electron chi connectivity index (χ0n) is 16.7. The molecule has 156 valence electrons. The lowest BCUT2D eigenvalue weighted by Gasteiger charge is -2.35. The van der Waals surface area contributed by atoms with Crippen LogP contribution in [0.4, 0.5) is 11.4 Å². The van der Waals surface area contributed by atoms with Crippen LogP contribution in [0.15, 0.2) is 35.5 Å². The highest BCUT2D eigenvalue weighted by Crippen LogP contribution is 2.25. The highest BCUT2D eigenvalue weighted by molar-refractivity contribution is 6.08. The number of hydrogen-bond donors (Lipinski definition) is 2. The molecule has 1 aromatic carbocycles. The first-order valence-electron chi connectivity index (χ1n) is 9.53. The zero-order valence-corrected chi connectivity index (χ0v) is 16.7. The lowest BCUT2D eigenvalue weighted by atomic mass is 10.2. The zero-order chi connectivity index (χ0) is 21.0. The summed E-state index contributed by atoms with van der Waals surface area (Å²) in [4.78, 5) is 41.5. The highest BCUT2D eigenvalue weighted by Gasteiger charge is 2.34. The number of esters is 1. The Hall–Kier alpha value is -3.07.